The van der Waals surface area contributed by atoms with E-state index in [9.17, 15) is 9.59 Å². The van der Waals surface area contributed by atoms with Crippen LogP contribution >= 0.6 is 0 Å². The van der Waals surface area contributed by atoms with Gasteiger partial charge in [-0.05, 0) is 78.2 Å². The largest absolute Gasteiger partial charge is 0.457 e. The number of benzene rings is 1. The van der Waals surface area contributed by atoms with Crippen molar-refractivity contribution in [2.75, 3.05) is 20.1 Å². The standard InChI is InChI=1S/C30H50BN3O4/c1-8-9-19-32-27(36)30(33-23(2)35)20-24(17-18-31-37-28(3,4)29(5,6)38-31)15-16-26(30)22-34(7)21-25-13-11-10-12-14-25/h10-14,24,26H,8-9,15-22H2,1-7H3,(H,32,36)(H,33,35). The number of nitrogens with one attached hydrogen (secondary N) is 2. The highest BCUT2D eigenvalue weighted by molar-refractivity contribution is 6.45. The fraction of sp³-hybridized carbons (Fsp3) is 0.733. The smallest absolute Gasteiger partial charge is 0.403 e. The van der Waals surface area contributed by atoms with Gasteiger partial charge in [-0.25, -0.2) is 0 Å². The molecule has 3 rings (SSSR count). The Morgan fingerprint density at radius 1 is 1.08 bits per heavy atom. The Labute approximate surface area is 230 Å². The fourth-order valence-corrected chi connectivity index (χ4v) is 6.03. The first-order valence-electron chi connectivity index (χ1n) is 14.5. The van der Waals surface area contributed by atoms with E-state index >= 15 is 0 Å². The molecule has 38 heavy (non-hydrogen) atoms. The lowest BCUT2D eigenvalue weighted by Crippen LogP contribution is -2.66. The minimum absolute atomic E-state index is 0.0230. The summed E-state index contributed by atoms with van der Waals surface area (Å²) in [6.45, 7) is 14.1. The third-order valence-corrected chi connectivity index (χ3v) is 8.79. The first-order chi connectivity index (χ1) is 17.9. The summed E-state index contributed by atoms with van der Waals surface area (Å²) >= 11 is 0. The quantitative estimate of drug-likeness (QED) is 0.301. The number of rotatable bonds is 12. The van der Waals surface area contributed by atoms with Crippen molar-refractivity contribution in [1.82, 2.24) is 15.5 Å². The van der Waals surface area contributed by atoms with Gasteiger partial charge in [0.05, 0.1) is 11.2 Å². The number of nitrogens with zero attached hydrogens (tertiary/aromatic N) is 1. The molecule has 1 aromatic carbocycles. The summed E-state index contributed by atoms with van der Waals surface area (Å²) < 4.78 is 12.5. The zero-order valence-corrected chi connectivity index (χ0v) is 24.8. The number of hydrogen-bond acceptors (Lipinski definition) is 5. The van der Waals surface area contributed by atoms with E-state index in [-0.39, 0.29) is 36.1 Å². The summed E-state index contributed by atoms with van der Waals surface area (Å²) in [4.78, 5) is 28.7. The summed E-state index contributed by atoms with van der Waals surface area (Å²) in [6.07, 6.45) is 6.14. The van der Waals surface area contributed by atoms with E-state index in [1.54, 1.807) is 0 Å². The first kappa shape index (κ1) is 30.6. The molecule has 0 bridgehead atoms. The van der Waals surface area contributed by atoms with Crippen LogP contribution in [-0.2, 0) is 25.4 Å². The van der Waals surface area contributed by atoms with Crippen molar-refractivity contribution in [1.29, 1.82) is 0 Å². The van der Waals surface area contributed by atoms with Crippen LogP contribution in [0.25, 0.3) is 0 Å². The molecule has 3 atom stereocenters. The van der Waals surface area contributed by atoms with Gasteiger partial charge in [0.15, 0.2) is 0 Å². The Morgan fingerprint density at radius 2 is 1.74 bits per heavy atom. The van der Waals surface area contributed by atoms with Crippen molar-refractivity contribution < 1.29 is 18.9 Å². The average Bonchev–Trinajstić information content (AvgIpc) is 3.05. The molecule has 2 aliphatic rings. The molecule has 7 nitrogen and oxygen atoms in total. The van der Waals surface area contributed by atoms with Crippen molar-refractivity contribution in [3.8, 4) is 0 Å². The van der Waals surface area contributed by atoms with Gasteiger partial charge in [-0.3, -0.25) is 9.59 Å². The SMILES string of the molecule is CCCCNC(=O)C1(NC(C)=O)CC(CCB2OC(C)(C)C(C)(C)O2)CCC1CN(C)Cc1ccccc1. The van der Waals surface area contributed by atoms with Gasteiger partial charge >= 0.3 is 7.12 Å². The Bertz CT molecular complexity index is 909. The Morgan fingerprint density at radius 3 is 2.34 bits per heavy atom. The van der Waals surface area contributed by atoms with Gasteiger partial charge in [0.2, 0.25) is 11.8 Å². The normalized spacial score (nSPS) is 26.4. The molecule has 1 aliphatic heterocycles. The lowest BCUT2D eigenvalue weighted by atomic mass is 9.65. The van der Waals surface area contributed by atoms with Crippen molar-refractivity contribution >= 4 is 18.9 Å². The van der Waals surface area contributed by atoms with Crippen LogP contribution in [0.4, 0.5) is 0 Å². The number of carbonyl (C=O) groups is 2. The van der Waals surface area contributed by atoms with Gasteiger partial charge < -0.3 is 24.8 Å². The van der Waals surface area contributed by atoms with Crippen LogP contribution in [0.1, 0.15) is 85.6 Å². The predicted octanol–water partition coefficient (Wildman–Crippen LogP) is 4.81. The lowest BCUT2D eigenvalue weighted by molar-refractivity contribution is -0.138. The second kappa shape index (κ2) is 13.0. The molecule has 2 fully saturated rings. The summed E-state index contributed by atoms with van der Waals surface area (Å²) in [6, 6.07) is 10.4. The molecule has 0 radical (unpaired) electrons. The predicted molar refractivity (Wildman–Crippen MR) is 154 cm³/mol. The minimum atomic E-state index is -0.927. The van der Waals surface area contributed by atoms with E-state index in [2.05, 4.69) is 81.5 Å². The van der Waals surface area contributed by atoms with Gasteiger partial charge in [-0.15, -0.1) is 0 Å². The molecule has 1 heterocycles. The first-order valence-corrected chi connectivity index (χ1v) is 14.5. The molecule has 2 N–H and O–H groups in total. The van der Waals surface area contributed by atoms with Gasteiger partial charge in [-0.2, -0.15) is 0 Å². The van der Waals surface area contributed by atoms with Crippen LogP contribution < -0.4 is 10.6 Å². The Kier molecular flexibility index (Phi) is 10.5. The molecule has 3 unspecified atom stereocenters. The third kappa shape index (κ3) is 7.61. The van der Waals surface area contributed by atoms with Gasteiger partial charge in [0.1, 0.15) is 5.54 Å². The maximum Gasteiger partial charge on any atom is 0.457 e. The molecule has 0 aromatic heterocycles. The number of hydrogen-bond donors (Lipinski definition) is 2. The molecular formula is C30H50BN3O4. The Hall–Kier alpha value is -1.90. The van der Waals surface area contributed by atoms with E-state index in [1.165, 1.54) is 12.5 Å². The van der Waals surface area contributed by atoms with Crippen LogP contribution in [0.3, 0.4) is 0 Å². The van der Waals surface area contributed by atoms with Crippen LogP contribution in [-0.4, -0.2) is 60.7 Å². The van der Waals surface area contributed by atoms with Gasteiger partial charge in [-0.1, -0.05) is 50.1 Å². The third-order valence-electron chi connectivity index (χ3n) is 8.79. The van der Waals surface area contributed by atoms with Gasteiger partial charge in [0.25, 0.3) is 0 Å². The summed E-state index contributed by atoms with van der Waals surface area (Å²) in [7, 11) is 1.86. The molecule has 2 amide bonds. The zero-order chi connectivity index (χ0) is 28.0. The maximum absolute atomic E-state index is 13.9. The van der Waals surface area contributed by atoms with E-state index < -0.39 is 5.54 Å². The molecular weight excluding hydrogens is 477 g/mol. The van der Waals surface area contributed by atoms with Crippen LogP contribution in [0.2, 0.25) is 6.32 Å². The van der Waals surface area contributed by atoms with Crippen molar-refractivity contribution in [2.45, 2.75) is 110 Å². The number of amides is 2. The van der Waals surface area contributed by atoms with Crippen LogP contribution in [0.15, 0.2) is 30.3 Å². The zero-order valence-electron chi connectivity index (χ0n) is 24.8. The van der Waals surface area contributed by atoms with E-state index in [0.717, 1.165) is 51.5 Å². The average molecular weight is 528 g/mol. The highest BCUT2D eigenvalue weighted by Gasteiger charge is 2.53. The van der Waals surface area contributed by atoms with Crippen LogP contribution in [0.5, 0.6) is 0 Å². The molecule has 1 saturated carbocycles. The van der Waals surface area contributed by atoms with E-state index in [1.807, 2.05) is 6.07 Å². The number of carbonyl (C=O) groups excluding carboxylic acids is 2. The highest BCUT2D eigenvalue weighted by Crippen LogP contribution is 2.43. The topological polar surface area (TPSA) is 79.9 Å². The van der Waals surface area contributed by atoms with Crippen molar-refractivity contribution in [3.63, 3.8) is 0 Å². The maximum atomic E-state index is 13.9. The molecule has 1 aromatic rings. The monoisotopic (exact) mass is 527 g/mol. The van der Waals surface area contributed by atoms with E-state index in [4.69, 9.17) is 9.31 Å². The second-order valence-corrected chi connectivity index (χ2v) is 12.6. The number of unbranched alkanes of at least 4 members (excludes halogenated alkanes) is 1. The van der Waals surface area contributed by atoms with Crippen molar-refractivity contribution in [2.24, 2.45) is 11.8 Å². The second-order valence-electron chi connectivity index (χ2n) is 12.6. The van der Waals surface area contributed by atoms with Crippen molar-refractivity contribution in [3.05, 3.63) is 35.9 Å². The minimum Gasteiger partial charge on any atom is -0.403 e. The lowest BCUT2D eigenvalue weighted by Gasteiger charge is -2.47. The van der Waals surface area contributed by atoms with E-state index in [0.29, 0.717) is 18.9 Å². The summed E-state index contributed by atoms with van der Waals surface area (Å²) in [5, 5.41) is 6.36. The Balaban J connectivity index is 1.76. The fourth-order valence-electron chi connectivity index (χ4n) is 6.03. The molecule has 1 saturated heterocycles. The summed E-state index contributed by atoms with van der Waals surface area (Å²) in [5.41, 5.74) is -0.387. The molecule has 8 heteroatoms. The molecule has 0 spiro atoms. The van der Waals surface area contributed by atoms with Crippen LogP contribution in [0, 0.1) is 11.8 Å². The van der Waals surface area contributed by atoms with Gasteiger partial charge in [0, 0.05) is 32.5 Å². The highest BCUT2D eigenvalue weighted by atomic mass is 16.7. The molecule has 212 valence electrons. The molecule has 1 aliphatic carbocycles. The summed E-state index contributed by atoms with van der Waals surface area (Å²) in [5.74, 6) is 0.126.